The van der Waals surface area contributed by atoms with Gasteiger partial charge in [-0.1, -0.05) is 48.5 Å². The molecule has 2 aromatic carbocycles. The maximum Gasteiger partial charge on any atom is 0.320 e. The van der Waals surface area contributed by atoms with Gasteiger partial charge in [-0.15, -0.1) is 5.10 Å². The van der Waals surface area contributed by atoms with Crippen LogP contribution in [0.3, 0.4) is 0 Å². The summed E-state index contributed by atoms with van der Waals surface area (Å²) in [5.41, 5.74) is 1.65. The first kappa shape index (κ1) is 19.4. The number of nitrogens with one attached hydrogen (secondary N) is 3. The van der Waals surface area contributed by atoms with E-state index in [-0.39, 0.29) is 12.1 Å². The predicted octanol–water partition coefficient (Wildman–Crippen LogP) is 4.26. The first-order chi connectivity index (χ1) is 14.7. The van der Waals surface area contributed by atoms with Crippen LogP contribution >= 0.6 is 0 Å². The largest absolute Gasteiger partial charge is 0.437 e. The van der Waals surface area contributed by atoms with Crippen LogP contribution < -0.4 is 15.4 Å². The highest BCUT2D eigenvalue weighted by atomic mass is 16.5. The van der Waals surface area contributed by atoms with Crippen molar-refractivity contribution in [3.8, 4) is 11.6 Å². The molecule has 8 nitrogen and oxygen atoms in total. The molecule has 0 spiro atoms. The zero-order valence-electron chi connectivity index (χ0n) is 16.3. The van der Waals surface area contributed by atoms with Crippen molar-refractivity contribution in [2.45, 2.75) is 6.04 Å². The molecule has 1 atom stereocenters. The predicted molar refractivity (Wildman–Crippen MR) is 114 cm³/mol. The number of hydrogen-bond donors (Lipinski definition) is 3. The highest BCUT2D eigenvalue weighted by Gasteiger charge is 2.15. The number of benzene rings is 2. The van der Waals surface area contributed by atoms with Gasteiger partial charge in [0.15, 0.2) is 0 Å². The third kappa shape index (κ3) is 4.56. The minimum Gasteiger partial charge on any atom is -0.437 e. The number of nitrogens with zero attached hydrogens (tertiary/aromatic N) is 2. The fourth-order valence-electron chi connectivity index (χ4n) is 3.02. The van der Waals surface area contributed by atoms with Crippen LogP contribution in [0, 0.1) is 0 Å². The Kier molecular flexibility index (Phi) is 5.86. The number of para-hydroxylation sites is 1. The summed E-state index contributed by atoms with van der Waals surface area (Å²) in [6.45, 7) is 0.352. The molecule has 2 amide bonds. The molecule has 0 aliphatic carbocycles. The van der Waals surface area contributed by atoms with Crippen molar-refractivity contribution in [1.82, 2.24) is 20.5 Å². The Hall–Kier alpha value is -3.91. The van der Waals surface area contributed by atoms with Crippen LogP contribution in [0.4, 0.5) is 10.6 Å². The highest BCUT2D eigenvalue weighted by molar-refractivity contribution is 5.92. The van der Waals surface area contributed by atoms with Gasteiger partial charge in [-0.2, -0.15) is 0 Å². The minimum absolute atomic E-state index is 0.280. The van der Waals surface area contributed by atoms with Crippen LogP contribution in [0.1, 0.15) is 11.6 Å². The zero-order chi connectivity index (χ0) is 20.8. The standard InChI is InChI=1S/C22H21N5O3/c1-29-14-19(15-8-4-2-5-9-15)24-22(28)25-20-12-18-17(13-23-20)21(27-26-18)30-16-10-6-3-7-11-16/h2-13,19H,14H2,1H3,(H,26,27)(H2,23,24,25,28)/t19-/m1/s1. The van der Waals surface area contributed by atoms with E-state index in [0.29, 0.717) is 35.0 Å². The maximum atomic E-state index is 12.5. The molecule has 3 N–H and O–H groups in total. The summed E-state index contributed by atoms with van der Waals surface area (Å²) >= 11 is 0. The van der Waals surface area contributed by atoms with Gasteiger partial charge in [0.05, 0.1) is 23.6 Å². The molecule has 0 radical (unpaired) electrons. The van der Waals surface area contributed by atoms with E-state index in [0.717, 1.165) is 5.56 Å². The van der Waals surface area contributed by atoms with Crippen LogP contribution in [-0.4, -0.2) is 34.9 Å². The molecule has 4 aromatic rings. The second-order valence-electron chi connectivity index (χ2n) is 6.58. The van der Waals surface area contributed by atoms with Crippen LogP contribution in [-0.2, 0) is 4.74 Å². The monoisotopic (exact) mass is 403 g/mol. The third-order valence-electron chi connectivity index (χ3n) is 4.45. The summed E-state index contributed by atoms with van der Waals surface area (Å²) in [5, 5.41) is 13.5. The van der Waals surface area contributed by atoms with Gasteiger partial charge >= 0.3 is 6.03 Å². The summed E-state index contributed by atoms with van der Waals surface area (Å²) < 4.78 is 11.0. The number of urea groups is 1. The van der Waals surface area contributed by atoms with Crippen molar-refractivity contribution in [2.75, 3.05) is 19.0 Å². The molecular weight excluding hydrogens is 382 g/mol. The van der Waals surface area contributed by atoms with E-state index in [4.69, 9.17) is 9.47 Å². The number of fused-ring (bicyclic) bond motifs is 1. The van der Waals surface area contributed by atoms with Gasteiger partial charge < -0.3 is 14.8 Å². The second-order valence-corrected chi connectivity index (χ2v) is 6.58. The van der Waals surface area contributed by atoms with E-state index in [1.165, 1.54) is 0 Å². The quantitative estimate of drug-likeness (QED) is 0.428. The number of carbonyl (C=O) groups is 1. The number of carbonyl (C=O) groups excluding carboxylic acids is 1. The smallest absolute Gasteiger partial charge is 0.320 e. The number of H-pyrrole nitrogens is 1. The molecule has 0 unspecified atom stereocenters. The Morgan fingerprint density at radius 3 is 2.57 bits per heavy atom. The van der Waals surface area contributed by atoms with Crippen molar-refractivity contribution in [1.29, 1.82) is 0 Å². The Morgan fingerprint density at radius 1 is 1.10 bits per heavy atom. The number of hydrogen-bond acceptors (Lipinski definition) is 5. The third-order valence-corrected chi connectivity index (χ3v) is 4.45. The van der Waals surface area contributed by atoms with Crippen molar-refractivity contribution < 1.29 is 14.3 Å². The SMILES string of the molecule is COC[C@@H](NC(=O)Nc1cc2[nH]nc(Oc3ccccc3)c2cn1)c1ccccc1. The number of methoxy groups -OCH3 is 1. The lowest BCUT2D eigenvalue weighted by atomic mass is 10.1. The van der Waals surface area contributed by atoms with Gasteiger partial charge in [-0.05, 0) is 17.7 Å². The van der Waals surface area contributed by atoms with Crippen molar-refractivity contribution in [2.24, 2.45) is 0 Å². The van der Waals surface area contributed by atoms with Crippen LogP contribution in [0.25, 0.3) is 10.9 Å². The fourth-order valence-corrected chi connectivity index (χ4v) is 3.02. The maximum absolute atomic E-state index is 12.5. The molecular formula is C22H21N5O3. The topological polar surface area (TPSA) is 101 Å². The molecule has 0 aliphatic heterocycles. The number of aromatic nitrogens is 3. The summed E-state index contributed by atoms with van der Waals surface area (Å²) in [5.74, 6) is 1.49. The van der Waals surface area contributed by atoms with Gasteiger partial charge in [0.2, 0.25) is 5.88 Å². The van der Waals surface area contributed by atoms with Gasteiger partial charge in [0.1, 0.15) is 11.6 Å². The lowest BCUT2D eigenvalue weighted by Gasteiger charge is -2.18. The Balaban J connectivity index is 1.45. The highest BCUT2D eigenvalue weighted by Crippen LogP contribution is 2.27. The van der Waals surface area contributed by atoms with Crippen LogP contribution in [0.15, 0.2) is 72.9 Å². The Morgan fingerprint density at radius 2 is 1.83 bits per heavy atom. The molecule has 0 aliphatic rings. The summed E-state index contributed by atoms with van der Waals surface area (Å²) in [6.07, 6.45) is 1.61. The summed E-state index contributed by atoms with van der Waals surface area (Å²) in [7, 11) is 1.60. The number of anilines is 1. The Bertz CT molecular complexity index is 1120. The molecule has 30 heavy (non-hydrogen) atoms. The lowest BCUT2D eigenvalue weighted by Crippen LogP contribution is -2.35. The van der Waals surface area contributed by atoms with Crippen molar-refractivity contribution in [3.63, 3.8) is 0 Å². The second kappa shape index (κ2) is 9.06. The average molecular weight is 403 g/mol. The Labute approximate surface area is 173 Å². The van der Waals surface area contributed by atoms with Crippen LogP contribution in [0.5, 0.6) is 11.6 Å². The van der Waals surface area contributed by atoms with Crippen molar-refractivity contribution >= 4 is 22.8 Å². The number of pyridine rings is 1. The number of amides is 2. The number of ether oxygens (including phenoxy) is 2. The van der Waals surface area contributed by atoms with E-state index in [1.54, 1.807) is 19.4 Å². The fraction of sp³-hybridized carbons (Fsp3) is 0.136. The van der Waals surface area contributed by atoms with E-state index >= 15 is 0 Å². The van der Waals surface area contributed by atoms with Gasteiger partial charge in [0, 0.05) is 19.4 Å². The van der Waals surface area contributed by atoms with E-state index < -0.39 is 0 Å². The summed E-state index contributed by atoms with van der Waals surface area (Å²) in [6, 6.07) is 20.0. The molecule has 0 fully saturated rings. The normalized spacial score (nSPS) is 11.8. The van der Waals surface area contributed by atoms with E-state index in [1.807, 2.05) is 60.7 Å². The van der Waals surface area contributed by atoms with Crippen molar-refractivity contribution in [3.05, 3.63) is 78.5 Å². The molecule has 2 aromatic heterocycles. The first-order valence-corrected chi connectivity index (χ1v) is 9.41. The zero-order valence-corrected chi connectivity index (χ0v) is 16.3. The van der Waals surface area contributed by atoms with Gasteiger partial charge in [-0.3, -0.25) is 10.4 Å². The van der Waals surface area contributed by atoms with Crippen LogP contribution in [0.2, 0.25) is 0 Å². The molecule has 0 bridgehead atoms. The molecule has 0 saturated heterocycles. The van der Waals surface area contributed by atoms with E-state index in [2.05, 4.69) is 25.8 Å². The van der Waals surface area contributed by atoms with E-state index in [9.17, 15) is 4.79 Å². The molecule has 8 heteroatoms. The number of aromatic amines is 1. The molecule has 4 rings (SSSR count). The average Bonchev–Trinajstić information content (AvgIpc) is 3.16. The summed E-state index contributed by atoms with van der Waals surface area (Å²) in [4.78, 5) is 16.8. The minimum atomic E-state index is -0.381. The molecule has 0 saturated carbocycles. The van der Waals surface area contributed by atoms with Gasteiger partial charge in [0.25, 0.3) is 0 Å². The lowest BCUT2D eigenvalue weighted by molar-refractivity contribution is 0.168. The molecule has 152 valence electrons. The first-order valence-electron chi connectivity index (χ1n) is 9.41. The van der Waals surface area contributed by atoms with Gasteiger partial charge in [-0.25, -0.2) is 9.78 Å². The number of rotatable bonds is 7. The molecule has 2 heterocycles.